The van der Waals surface area contributed by atoms with E-state index in [-0.39, 0.29) is 11.9 Å². The van der Waals surface area contributed by atoms with Gasteiger partial charge in [0, 0.05) is 12.1 Å². The number of benzene rings is 2. The fourth-order valence-corrected chi connectivity index (χ4v) is 2.44. The van der Waals surface area contributed by atoms with Crippen LogP contribution in [0.1, 0.15) is 11.1 Å². The van der Waals surface area contributed by atoms with Crippen molar-refractivity contribution in [3.05, 3.63) is 59.4 Å². The Balaban J connectivity index is 1.62. The lowest BCUT2D eigenvalue weighted by Gasteiger charge is -2.13. The minimum absolute atomic E-state index is 0.112. The summed E-state index contributed by atoms with van der Waals surface area (Å²) in [6.07, 6.45) is 1.01. The highest BCUT2D eigenvalue weighted by Gasteiger charge is 2.21. The van der Waals surface area contributed by atoms with Gasteiger partial charge in [0.05, 0.1) is 6.54 Å². The highest BCUT2D eigenvalue weighted by atomic mass is 19.1. The van der Waals surface area contributed by atoms with Gasteiger partial charge in [0.25, 0.3) is 0 Å². The summed E-state index contributed by atoms with van der Waals surface area (Å²) < 4.78 is 19.1. The van der Waals surface area contributed by atoms with Crippen molar-refractivity contribution < 1.29 is 9.13 Å². The van der Waals surface area contributed by atoms with E-state index in [9.17, 15) is 4.39 Å². The zero-order valence-corrected chi connectivity index (χ0v) is 10.8. The second-order valence-electron chi connectivity index (χ2n) is 4.95. The Labute approximate surface area is 112 Å². The summed E-state index contributed by atoms with van der Waals surface area (Å²) in [4.78, 5) is 0. The monoisotopic (exact) mass is 257 g/mol. The van der Waals surface area contributed by atoms with Crippen molar-refractivity contribution in [2.24, 2.45) is 0 Å². The molecule has 2 aromatic carbocycles. The van der Waals surface area contributed by atoms with Gasteiger partial charge in [-0.15, -0.1) is 0 Å². The summed E-state index contributed by atoms with van der Waals surface area (Å²) in [7, 11) is 0. The number of halogens is 1. The molecule has 0 aliphatic carbocycles. The molecule has 0 radical (unpaired) electrons. The topological polar surface area (TPSA) is 21.3 Å². The fourth-order valence-electron chi connectivity index (χ4n) is 2.44. The van der Waals surface area contributed by atoms with Crippen LogP contribution in [0.4, 0.5) is 10.1 Å². The molecule has 0 amide bonds. The van der Waals surface area contributed by atoms with E-state index in [1.54, 1.807) is 0 Å². The molecule has 2 aromatic rings. The molecule has 1 heterocycles. The third-order valence-electron chi connectivity index (χ3n) is 3.29. The number of hydrogen-bond donors (Lipinski definition) is 1. The maximum Gasteiger partial charge on any atom is 0.125 e. The van der Waals surface area contributed by atoms with E-state index >= 15 is 0 Å². The molecule has 1 unspecified atom stereocenters. The number of para-hydroxylation sites is 1. The molecule has 0 saturated carbocycles. The van der Waals surface area contributed by atoms with Gasteiger partial charge in [-0.1, -0.05) is 18.2 Å². The van der Waals surface area contributed by atoms with E-state index in [1.165, 1.54) is 17.7 Å². The molecule has 0 aromatic heterocycles. The average Bonchev–Trinajstić information content (AvgIpc) is 2.78. The van der Waals surface area contributed by atoms with Crippen molar-refractivity contribution in [3.8, 4) is 5.75 Å². The zero-order chi connectivity index (χ0) is 13.2. The van der Waals surface area contributed by atoms with Crippen molar-refractivity contribution in [3.63, 3.8) is 0 Å². The zero-order valence-electron chi connectivity index (χ0n) is 10.8. The number of hydrogen-bond acceptors (Lipinski definition) is 2. The molecule has 1 atom stereocenters. The van der Waals surface area contributed by atoms with Crippen molar-refractivity contribution in [1.82, 2.24) is 0 Å². The van der Waals surface area contributed by atoms with Gasteiger partial charge in [-0.3, -0.25) is 0 Å². The van der Waals surface area contributed by atoms with Gasteiger partial charge in [0.1, 0.15) is 17.7 Å². The largest absolute Gasteiger partial charge is 0.488 e. The molecule has 3 rings (SSSR count). The van der Waals surface area contributed by atoms with Crippen molar-refractivity contribution in [2.45, 2.75) is 19.4 Å². The number of anilines is 1. The SMILES string of the molecule is Cc1cc(F)cc(NCC2Cc3ccccc3O2)c1. The Kier molecular flexibility index (Phi) is 3.11. The van der Waals surface area contributed by atoms with E-state index in [2.05, 4.69) is 11.4 Å². The van der Waals surface area contributed by atoms with E-state index in [1.807, 2.05) is 31.2 Å². The number of aryl methyl sites for hydroxylation is 1. The van der Waals surface area contributed by atoms with Crippen LogP contribution in [0.15, 0.2) is 42.5 Å². The summed E-state index contributed by atoms with van der Waals surface area (Å²) in [6.45, 7) is 2.56. The number of rotatable bonds is 3. The van der Waals surface area contributed by atoms with E-state index in [0.29, 0.717) is 6.54 Å². The summed E-state index contributed by atoms with van der Waals surface area (Å²) in [6, 6.07) is 13.0. The maximum absolute atomic E-state index is 13.3. The van der Waals surface area contributed by atoms with Crippen LogP contribution in [0.5, 0.6) is 5.75 Å². The van der Waals surface area contributed by atoms with Gasteiger partial charge in [-0.25, -0.2) is 4.39 Å². The lowest BCUT2D eigenvalue weighted by molar-refractivity contribution is 0.246. The molecule has 1 aliphatic rings. The summed E-state index contributed by atoms with van der Waals surface area (Å²) in [5, 5.41) is 3.24. The Morgan fingerprint density at radius 3 is 2.89 bits per heavy atom. The Morgan fingerprint density at radius 1 is 1.26 bits per heavy atom. The minimum Gasteiger partial charge on any atom is -0.488 e. The molecule has 0 fully saturated rings. The smallest absolute Gasteiger partial charge is 0.125 e. The molecule has 2 nitrogen and oxygen atoms in total. The molecule has 1 aliphatic heterocycles. The highest BCUT2D eigenvalue weighted by Crippen LogP contribution is 2.28. The second kappa shape index (κ2) is 4.92. The maximum atomic E-state index is 13.3. The molecular weight excluding hydrogens is 241 g/mol. The van der Waals surface area contributed by atoms with Gasteiger partial charge < -0.3 is 10.1 Å². The first-order chi connectivity index (χ1) is 9.20. The lowest BCUT2D eigenvalue weighted by Crippen LogP contribution is -2.24. The molecule has 0 saturated heterocycles. The predicted molar refractivity (Wildman–Crippen MR) is 74.2 cm³/mol. The fraction of sp³-hybridized carbons (Fsp3) is 0.250. The van der Waals surface area contributed by atoms with E-state index < -0.39 is 0 Å². The van der Waals surface area contributed by atoms with Gasteiger partial charge in [0.2, 0.25) is 0 Å². The first kappa shape index (κ1) is 12.0. The second-order valence-corrected chi connectivity index (χ2v) is 4.95. The molecule has 3 heteroatoms. The van der Waals surface area contributed by atoms with Gasteiger partial charge in [-0.2, -0.15) is 0 Å². The third kappa shape index (κ3) is 2.70. The highest BCUT2D eigenvalue weighted by molar-refractivity contribution is 5.46. The van der Waals surface area contributed by atoms with E-state index in [4.69, 9.17) is 4.74 Å². The standard InChI is InChI=1S/C16H16FNO/c1-11-6-13(17)9-14(7-11)18-10-15-8-12-4-2-3-5-16(12)19-15/h2-7,9,15,18H,8,10H2,1H3. The molecule has 0 spiro atoms. The number of nitrogens with one attached hydrogen (secondary N) is 1. The quantitative estimate of drug-likeness (QED) is 0.908. The Morgan fingerprint density at radius 2 is 2.11 bits per heavy atom. The predicted octanol–water partition coefficient (Wildman–Crippen LogP) is 3.55. The van der Waals surface area contributed by atoms with Gasteiger partial charge in [0.15, 0.2) is 0 Å². The van der Waals surface area contributed by atoms with Crippen LogP contribution >= 0.6 is 0 Å². The minimum atomic E-state index is -0.210. The molecule has 1 N–H and O–H groups in total. The third-order valence-corrected chi connectivity index (χ3v) is 3.29. The van der Waals surface area contributed by atoms with Crippen LogP contribution in [-0.2, 0) is 6.42 Å². The molecule has 0 bridgehead atoms. The van der Waals surface area contributed by atoms with Crippen LogP contribution in [-0.4, -0.2) is 12.6 Å². The van der Waals surface area contributed by atoms with Crippen LogP contribution in [0, 0.1) is 12.7 Å². The molecule has 98 valence electrons. The van der Waals surface area contributed by atoms with Crippen LogP contribution < -0.4 is 10.1 Å². The normalized spacial score (nSPS) is 16.8. The van der Waals surface area contributed by atoms with Crippen molar-refractivity contribution in [1.29, 1.82) is 0 Å². The molecule has 19 heavy (non-hydrogen) atoms. The van der Waals surface area contributed by atoms with Crippen molar-refractivity contribution >= 4 is 5.69 Å². The van der Waals surface area contributed by atoms with Crippen LogP contribution in [0.3, 0.4) is 0 Å². The Bertz CT molecular complexity index is 552. The summed E-state index contributed by atoms with van der Waals surface area (Å²) in [5.74, 6) is 0.753. The Hall–Kier alpha value is -2.03. The average molecular weight is 257 g/mol. The van der Waals surface area contributed by atoms with E-state index in [0.717, 1.165) is 23.4 Å². The number of ether oxygens (including phenoxy) is 1. The summed E-state index contributed by atoms with van der Waals surface area (Å²) in [5.41, 5.74) is 2.96. The first-order valence-corrected chi connectivity index (χ1v) is 6.46. The van der Waals surface area contributed by atoms with Gasteiger partial charge >= 0.3 is 0 Å². The number of fused-ring (bicyclic) bond motifs is 1. The molecular formula is C16H16FNO. The van der Waals surface area contributed by atoms with Crippen LogP contribution in [0.25, 0.3) is 0 Å². The van der Waals surface area contributed by atoms with Crippen molar-refractivity contribution in [2.75, 3.05) is 11.9 Å². The van der Waals surface area contributed by atoms with Crippen LogP contribution in [0.2, 0.25) is 0 Å². The first-order valence-electron chi connectivity index (χ1n) is 6.46. The lowest BCUT2D eigenvalue weighted by atomic mass is 10.1. The summed E-state index contributed by atoms with van der Waals surface area (Å²) >= 11 is 0. The van der Waals surface area contributed by atoms with Gasteiger partial charge in [-0.05, 0) is 42.3 Å².